The van der Waals surface area contributed by atoms with Crippen molar-refractivity contribution in [2.24, 2.45) is 0 Å². The molecule has 1 rings (SSSR count). The van der Waals surface area contributed by atoms with Gasteiger partial charge in [0.05, 0.1) is 5.56 Å². The first-order chi connectivity index (χ1) is 6.80. The molecular formula is C10H12F3NO. The molecule has 84 valence electrons. The van der Waals surface area contributed by atoms with Crippen molar-refractivity contribution >= 4 is 0 Å². The van der Waals surface area contributed by atoms with Gasteiger partial charge in [0.25, 0.3) is 0 Å². The highest BCUT2D eigenvalue weighted by molar-refractivity contribution is 5.32. The summed E-state index contributed by atoms with van der Waals surface area (Å²) in [5.41, 5.74) is 0.531. The maximum atomic E-state index is 12.3. The summed E-state index contributed by atoms with van der Waals surface area (Å²) in [6, 6.07) is 3.48. The number of halogens is 3. The largest absolute Gasteiger partial charge is 0.416 e. The van der Waals surface area contributed by atoms with Gasteiger partial charge in [-0.1, -0.05) is 6.07 Å². The number of rotatable bonds is 2. The molecule has 1 aromatic carbocycles. The Morgan fingerprint density at radius 1 is 1.33 bits per heavy atom. The SMILES string of the molecule is Cc1cc(C(F)(F)F)ccc1CN(C)O. The highest BCUT2D eigenvalue weighted by Gasteiger charge is 2.30. The number of hydrogen-bond acceptors (Lipinski definition) is 2. The van der Waals surface area contributed by atoms with Crippen molar-refractivity contribution in [3.05, 3.63) is 34.9 Å². The molecule has 0 aliphatic carbocycles. The molecule has 0 bridgehead atoms. The molecule has 1 aromatic rings. The molecule has 0 aliphatic rings. The summed E-state index contributed by atoms with van der Waals surface area (Å²) in [6.07, 6.45) is -4.31. The topological polar surface area (TPSA) is 23.5 Å². The van der Waals surface area contributed by atoms with E-state index in [9.17, 15) is 13.2 Å². The zero-order chi connectivity index (χ0) is 11.6. The van der Waals surface area contributed by atoms with Crippen LogP contribution in [0.25, 0.3) is 0 Å². The van der Waals surface area contributed by atoms with Crippen LogP contribution in [0.5, 0.6) is 0 Å². The monoisotopic (exact) mass is 219 g/mol. The van der Waals surface area contributed by atoms with Gasteiger partial charge in [0.1, 0.15) is 0 Å². The first kappa shape index (κ1) is 12.0. The van der Waals surface area contributed by atoms with E-state index in [1.54, 1.807) is 6.92 Å². The fourth-order valence-electron chi connectivity index (χ4n) is 1.30. The van der Waals surface area contributed by atoms with E-state index in [0.29, 0.717) is 11.1 Å². The summed E-state index contributed by atoms with van der Waals surface area (Å²) in [6.45, 7) is 1.80. The standard InChI is InChI=1S/C10H12F3NO/c1-7-5-9(10(11,12)13)4-3-8(7)6-14(2)15/h3-5,15H,6H2,1-2H3. The van der Waals surface area contributed by atoms with Gasteiger partial charge < -0.3 is 5.21 Å². The minimum Gasteiger partial charge on any atom is -0.314 e. The summed E-state index contributed by atoms with van der Waals surface area (Å²) < 4.78 is 36.9. The van der Waals surface area contributed by atoms with Gasteiger partial charge in [-0.05, 0) is 30.2 Å². The van der Waals surface area contributed by atoms with Crippen molar-refractivity contribution in [2.75, 3.05) is 7.05 Å². The number of alkyl halides is 3. The lowest BCUT2D eigenvalue weighted by Crippen LogP contribution is -2.13. The number of benzene rings is 1. The molecule has 0 atom stereocenters. The van der Waals surface area contributed by atoms with Gasteiger partial charge >= 0.3 is 6.18 Å². The third-order valence-corrected chi connectivity index (χ3v) is 2.07. The predicted molar refractivity (Wildman–Crippen MR) is 49.4 cm³/mol. The van der Waals surface area contributed by atoms with Gasteiger partial charge in [0.15, 0.2) is 0 Å². The van der Waals surface area contributed by atoms with Crippen LogP contribution >= 0.6 is 0 Å². The van der Waals surface area contributed by atoms with Crippen LogP contribution in [0, 0.1) is 6.92 Å². The Bertz CT molecular complexity index is 347. The molecule has 0 unspecified atom stereocenters. The third kappa shape index (κ3) is 3.21. The van der Waals surface area contributed by atoms with Crippen molar-refractivity contribution in [3.8, 4) is 0 Å². The van der Waals surface area contributed by atoms with Crippen LogP contribution in [-0.2, 0) is 12.7 Å². The molecule has 0 spiro atoms. The van der Waals surface area contributed by atoms with Crippen molar-refractivity contribution < 1.29 is 18.4 Å². The van der Waals surface area contributed by atoms with Crippen LogP contribution in [0.4, 0.5) is 13.2 Å². The lowest BCUT2D eigenvalue weighted by Gasteiger charge is -2.13. The minimum atomic E-state index is -4.31. The fourth-order valence-corrected chi connectivity index (χ4v) is 1.30. The summed E-state index contributed by atoms with van der Waals surface area (Å²) >= 11 is 0. The molecule has 0 radical (unpaired) electrons. The van der Waals surface area contributed by atoms with E-state index >= 15 is 0 Å². The van der Waals surface area contributed by atoms with Gasteiger partial charge in [-0.15, -0.1) is 0 Å². The van der Waals surface area contributed by atoms with Crippen molar-refractivity contribution in [1.29, 1.82) is 0 Å². The molecule has 0 saturated carbocycles. The molecule has 0 amide bonds. The molecule has 0 aromatic heterocycles. The number of hydroxylamine groups is 2. The van der Waals surface area contributed by atoms with Gasteiger partial charge in [-0.2, -0.15) is 18.2 Å². The Hall–Kier alpha value is -1.07. The van der Waals surface area contributed by atoms with E-state index in [1.807, 2.05) is 0 Å². The Morgan fingerprint density at radius 2 is 1.93 bits per heavy atom. The lowest BCUT2D eigenvalue weighted by atomic mass is 10.0. The van der Waals surface area contributed by atoms with E-state index in [-0.39, 0.29) is 6.54 Å². The molecule has 0 fully saturated rings. The molecule has 5 heteroatoms. The van der Waals surface area contributed by atoms with E-state index < -0.39 is 11.7 Å². The number of nitrogens with zero attached hydrogens (tertiary/aromatic N) is 1. The first-order valence-corrected chi connectivity index (χ1v) is 4.37. The van der Waals surface area contributed by atoms with Crippen molar-refractivity contribution in [1.82, 2.24) is 5.06 Å². The highest BCUT2D eigenvalue weighted by Crippen LogP contribution is 2.30. The maximum absolute atomic E-state index is 12.3. The summed E-state index contributed by atoms with van der Waals surface area (Å²) in [5, 5.41) is 9.90. The van der Waals surface area contributed by atoms with E-state index in [1.165, 1.54) is 13.1 Å². The quantitative estimate of drug-likeness (QED) is 0.773. The first-order valence-electron chi connectivity index (χ1n) is 4.37. The third-order valence-electron chi connectivity index (χ3n) is 2.07. The Balaban J connectivity index is 2.98. The molecule has 15 heavy (non-hydrogen) atoms. The van der Waals surface area contributed by atoms with E-state index in [0.717, 1.165) is 17.2 Å². The number of aryl methyl sites for hydroxylation is 1. The smallest absolute Gasteiger partial charge is 0.314 e. The van der Waals surface area contributed by atoms with E-state index in [4.69, 9.17) is 5.21 Å². The average molecular weight is 219 g/mol. The zero-order valence-electron chi connectivity index (χ0n) is 8.47. The molecule has 0 aliphatic heterocycles. The van der Waals surface area contributed by atoms with Gasteiger partial charge in [0, 0.05) is 13.6 Å². The Labute approximate surface area is 85.9 Å². The van der Waals surface area contributed by atoms with Gasteiger partial charge in [-0.3, -0.25) is 0 Å². The van der Waals surface area contributed by atoms with Crippen LogP contribution < -0.4 is 0 Å². The van der Waals surface area contributed by atoms with Crippen LogP contribution in [0.1, 0.15) is 16.7 Å². The number of hydrogen-bond donors (Lipinski definition) is 1. The maximum Gasteiger partial charge on any atom is 0.416 e. The van der Waals surface area contributed by atoms with E-state index in [2.05, 4.69) is 0 Å². The van der Waals surface area contributed by atoms with Crippen LogP contribution in [0.15, 0.2) is 18.2 Å². The van der Waals surface area contributed by atoms with Crippen LogP contribution in [0.3, 0.4) is 0 Å². The summed E-state index contributed by atoms with van der Waals surface area (Å²) in [4.78, 5) is 0. The van der Waals surface area contributed by atoms with Gasteiger partial charge in [-0.25, -0.2) is 0 Å². The normalized spacial score (nSPS) is 12.2. The minimum absolute atomic E-state index is 0.212. The second-order valence-corrected chi connectivity index (χ2v) is 3.45. The summed E-state index contributed by atoms with van der Waals surface area (Å²) in [7, 11) is 1.44. The molecule has 1 N–H and O–H groups in total. The van der Waals surface area contributed by atoms with Gasteiger partial charge in [0.2, 0.25) is 0 Å². The fraction of sp³-hybridized carbons (Fsp3) is 0.400. The zero-order valence-corrected chi connectivity index (χ0v) is 8.47. The molecule has 0 heterocycles. The highest BCUT2D eigenvalue weighted by atomic mass is 19.4. The average Bonchev–Trinajstić information content (AvgIpc) is 2.05. The van der Waals surface area contributed by atoms with Crippen LogP contribution in [-0.4, -0.2) is 17.3 Å². The van der Waals surface area contributed by atoms with Crippen molar-refractivity contribution in [2.45, 2.75) is 19.6 Å². The lowest BCUT2D eigenvalue weighted by molar-refractivity contribution is -0.137. The summed E-state index contributed by atoms with van der Waals surface area (Å²) in [5.74, 6) is 0. The molecule has 0 saturated heterocycles. The van der Waals surface area contributed by atoms with Crippen molar-refractivity contribution in [3.63, 3.8) is 0 Å². The molecule has 2 nitrogen and oxygen atoms in total. The predicted octanol–water partition coefficient (Wildman–Crippen LogP) is 2.83. The van der Waals surface area contributed by atoms with Crippen LogP contribution in [0.2, 0.25) is 0 Å². The Morgan fingerprint density at radius 3 is 2.33 bits per heavy atom. The Kier molecular flexibility index (Phi) is 3.36. The molecular weight excluding hydrogens is 207 g/mol. The second kappa shape index (κ2) is 4.20. The second-order valence-electron chi connectivity index (χ2n) is 3.45.